The molecule has 0 radical (unpaired) electrons. The first-order valence-electron chi connectivity index (χ1n) is 8.05. The molecule has 3 nitrogen and oxygen atoms in total. The average molecular weight is 275 g/mol. The lowest BCUT2D eigenvalue weighted by Crippen LogP contribution is -2.28. The smallest absolute Gasteiger partial charge is 0.0574 e. The van der Waals surface area contributed by atoms with Gasteiger partial charge in [-0.2, -0.15) is 0 Å². The Hall–Kier alpha value is -1.09. The highest BCUT2D eigenvalue weighted by molar-refractivity contribution is 5.47. The van der Waals surface area contributed by atoms with E-state index in [0.29, 0.717) is 6.04 Å². The number of pyridine rings is 1. The fraction of sp³-hybridized carbons (Fsp3) is 0.706. The van der Waals surface area contributed by atoms with E-state index in [1.807, 2.05) is 7.05 Å². The monoisotopic (exact) mass is 275 g/mol. The molecule has 1 N–H and O–H groups in total. The van der Waals surface area contributed by atoms with Gasteiger partial charge in [-0.25, -0.2) is 0 Å². The predicted molar refractivity (Wildman–Crippen MR) is 86.2 cm³/mol. The summed E-state index contributed by atoms with van der Waals surface area (Å²) in [6.45, 7) is 7.94. The lowest BCUT2D eigenvalue weighted by Gasteiger charge is -2.26. The number of hydrogen-bond donors (Lipinski definition) is 1. The molecular weight excluding hydrogens is 246 g/mol. The van der Waals surface area contributed by atoms with Gasteiger partial charge in [0, 0.05) is 18.6 Å². The van der Waals surface area contributed by atoms with Crippen molar-refractivity contribution in [2.24, 2.45) is 5.92 Å². The number of aromatic nitrogens is 1. The lowest BCUT2D eigenvalue weighted by atomic mass is 10.1. The van der Waals surface area contributed by atoms with Crippen molar-refractivity contribution >= 4 is 5.69 Å². The third-order valence-corrected chi connectivity index (χ3v) is 4.15. The summed E-state index contributed by atoms with van der Waals surface area (Å²) in [5, 5.41) is 3.32. The SMILES string of the molecule is CCC(NC)c1ccc(N(CCC(C)C)C2CC2)cn1. The Bertz CT molecular complexity index is 391. The summed E-state index contributed by atoms with van der Waals surface area (Å²) in [7, 11) is 2.00. The second-order valence-electron chi connectivity index (χ2n) is 6.30. The third kappa shape index (κ3) is 3.95. The van der Waals surface area contributed by atoms with Gasteiger partial charge in [0.25, 0.3) is 0 Å². The van der Waals surface area contributed by atoms with E-state index in [9.17, 15) is 0 Å². The number of hydrogen-bond acceptors (Lipinski definition) is 3. The summed E-state index contributed by atoms with van der Waals surface area (Å²) in [5.74, 6) is 0.761. The molecule has 112 valence electrons. The van der Waals surface area contributed by atoms with Crippen LogP contribution in [0.1, 0.15) is 58.2 Å². The Labute approximate surface area is 123 Å². The summed E-state index contributed by atoms with van der Waals surface area (Å²) >= 11 is 0. The summed E-state index contributed by atoms with van der Waals surface area (Å²) in [6, 6.07) is 5.56. The van der Waals surface area contributed by atoms with Crippen LogP contribution in [0.2, 0.25) is 0 Å². The highest BCUT2D eigenvalue weighted by atomic mass is 15.2. The Morgan fingerprint density at radius 2 is 2.10 bits per heavy atom. The van der Waals surface area contributed by atoms with Gasteiger partial charge in [0.1, 0.15) is 0 Å². The molecule has 0 amide bonds. The van der Waals surface area contributed by atoms with E-state index >= 15 is 0 Å². The Kier molecular flexibility index (Phi) is 5.41. The van der Waals surface area contributed by atoms with Crippen LogP contribution in [0, 0.1) is 5.92 Å². The van der Waals surface area contributed by atoms with Crippen LogP contribution in [0.5, 0.6) is 0 Å². The molecule has 0 spiro atoms. The maximum atomic E-state index is 4.67. The normalized spacial score (nSPS) is 16.4. The fourth-order valence-electron chi connectivity index (χ4n) is 2.64. The van der Waals surface area contributed by atoms with Crippen molar-refractivity contribution in [1.82, 2.24) is 10.3 Å². The first-order chi connectivity index (χ1) is 9.65. The fourth-order valence-corrected chi connectivity index (χ4v) is 2.64. The van der Waals surface area contributed by atoms with E-state index in [0.717, 1.165) is 30.6 Å². The van der Waals surface area contributed by atoms with Gasteiger partial charge in [0.15, 0.2) is 0 Å². The van der Waals surface area contributed by atoms with E-state index in [-0.39, 0.29) is 0 Å². The van der Waals surface area contributed by atoms with Crippen molar-refractivity contribution in [3.63, 3.8) is 0 Å². The van der Waals surface area contributed by atoms with Gasteiger partial charge in [-0.3, -0.25) is 4.98 Å². The van der Waals surface area contributed by atoms with Gasteiger partial charge < -0.3 is 10.2 Å². The first kappa shape index (κ1) is 15.3. The topological polar surface area (TPSA) is 28.2 Å². The van der Waals surface area contributed by atoms with Gasteiger partial charge in [-0.15, -0.1) is 0 Å². The van der Waals surface area contributed by atoms with Crippen molar-refractivity contribution in [3.05, 3.63) is 24.0 Å². The second-order valence-corrected chi connectivity index (χ2v) is 6.30. The molecule has 1 fully saturated rings. The zero-order valence-electron chi connectivity index (χ0n) is 13.4. The van der Waals surface area contributed by atoms with Gasteiger partial charge in [0.05, 0.1) is 17.6 Å². The van der Waals surface area contributed by atoms with Crippen LogP contribution in [-0.2, 0) is 0 Å². The maximum absolute atomic E-state index is 4.67. The maximum Gasteiger partial charge on any atom is 0.0574 e. The first-order valence-corrected chi connectivity index (χ1v) is 8.05. The van der Waals surface area contributed by atoms with Gasteiger partial charge in [-0.05, 0) is 50.8 Å². The number of anilines is 1. The molecule has 0 bridgehead atoms. The van der Waals surface area contributed by atoms with Crippen molar-refractivity contribution in [2.75, 3.05) is 18.5 Å². The molecule has 1 heterocycles. The molecule has 1 saturated carbocycles. The quantitative estimate of drug-likeness (QED) is 0.783. The van der Waals surface area contributed by atoms with Gasteiger partial charge in [-0.1, -0.05) is 20.8 Å². The van der Waals surface area contributed by atoms with Gasteiger partial charge in [0.2, 0.25) is 0 Å². The summed E-state index contributed by atoms with van der Waals surface area (Å²) < 4.78 is 0. The zero-order valence-corrected chi connectivity index (χ0v) is 13.4. The van der Waals surface area contributed by atoms with Crippen molar-refractivity contribution in [3.8, 4) is 0 Å². The Morgan fingerprint density at radius 1 is 1.35 bits per heavy atom. The Balaban J connectivity index is 2.05. The highest BCUT2D eigenvalue weighted by Crippen LogP contribution is 2.32. The molecule has 1 atom stereocenters. The minimum atomic E-state index is 0.370. The standard InChI is InChI=1S/C17H29N3/c1-5-16(18-4)17-9-8-15(12-19-17)20(14-6-7-14)11-10-13(2)3/h8-9,12-14,16,18H,5-7,10-11H2,1-4H3. The average Bonchev–Trinajstić information content (AvgIpc) is 3.26. The van der Waals surface area contributed by atoms with E-state index in [1.54, 1.807) is 0 Å². The van der Waals surface area contributed by atoms with Crippen molar-refractivity contribution in [2.45, 2.75) is 58.5 Å². The molecule has 1 aliphatic carbocycles. The summed E-state index contributed by atoms with van der Waals surface area (Å²) in [5.41, 5.74) is 2.45. The lowest BCUT2D eigenvalue weighted by molar-refractivity contribution is 0.559. The predicted octanol–water partition coefficient (Wildman–Crippen LogP) is 3.77. The minimum absolute atomic E-state index is 0.370. The number of nitrogens with one attached hydrogen (secondary N) is 1. The molecular formula is C17H29N3. The van der Waals surface area contributed by atoms with Crippen LogP contribution in [0.3, 0.4) is 0 Å². The van der Waals surface area contributed by atoms with E-state index in [2.05, 4.69) is 54.3 Å². The molecule has 2 rings (SSSR count). The third-order valence-electron chi connectivity index (χ3n) is 4.15. The molecule has 3 heteroatoms. The highest BCUT2D eigenvalue weighted by Gasteiger charge is 2.29. The molecule has 20 heavy (non-hydrogen) atoms. The van der Waals surface area contributed by atoms with Gasteiger partial charge >= 0.3 is 0 Å². The summed E-state index contributed by atoms with van der Waals surface area (Å²) in [6.07, 6.45) is 7.07. The molecule has 0 saturated heterocycles. The minimum Gasteiger partial charge on any atom is -0.367 e. The van der Waals surface area contributed by atoms with Crippen LogP contribution in [0.15, 0.2) is 18.3 Å². The largest absolute Gasteiger partial charge is 0.367 e. The second kappa shape index (κ2) is 7.07. The molecule has 0 aliphatic heterocycles. The molecule has 1 aromatic rings. The summed E-state index contributed by atoms with van der Waals surface area (Å²) in [4.78, 5) is 7.23. The van der Waals surface area contributed by atoms with E-state index in [4.69, 9.17) is 0 Å². The van der Waals surface area contributed by atoms with Crippen LogP contribution in [0.25, 0.3) is 0 Å². The molecule has 1 aliphatic rings. The molecule has 1 aromatic heterocycles. The number of nitrogens with zero attached hydrogens (tertiary/aromatic N) is 2. The van der Waals surface area contributed by atoms with Crippen molar-refractivity contribution in [1.29, 1.82) is 0 Å². The van der Waals surface area contributed by atoms with E-state index < -0.39 is 0 Å². The zero-order chi connectivity index (χ0) is 14.5. The van der Waals surface area contributed by atoms with Crippen LogP contribution in [0.4, 0.5) is 5.69 Å². The Morgan fingerprint density at radius 3 is 2.55 bits per heavy atom. The van der Waals surface area contributed by atoms with Crippen LogP contribution < -0.4 is 10.2 Å². The molecule has 0 aromatic carbocycles. The molecule has 1 unspecified atom stereocenters. The van der Waals surface area contributed by atoms with Crippen LogP contribution >= 0.6 is 0 Å². The number of rotatable bonds is 8. The van der Waals surface area contributed by atoms with E-state index in [1.165, 1.54) is 24.9 Å². The van der Waals surface area contributed by atoms with Crippen molar-refractivity contribution < 1.29 is 0 Å². The van der Waals surface area contributed by atoms with Crippen LogP contribution in [-0.4, -0.2) is 24.6 Å².